The molecular weight excluding hydrogens is 199 g/mol. The van der Waals surface area contributed by atoms with E-state index in [0.29, 0.717) is 12.2 Å². The van der Waals surface area contributed by atoms with Crippen LogP contribution in [0.4, 0.5) is 4.39 Å². The van der Waals surface area contributed by atoms with Crippen LogP contribution in [0, 0.1) is 5.82 Å². The molecule has 1 aromatic rings. The molecule has 0 saturated carbocycles. The predicted octanol–water partition coefficient (Wildman–Crippen LogP) is 1.83. The molecule has 1 aromatic carbocycles. The van der Waals surface area contributed by atoms with E-state index in [1.165, 1.54) is 12.1 Å². The number of halogens is 1. The van der Waals surface area contributed by atoms with E-state index in [-0.39, 0.29) is 17.9 Å². The van der Waals surface area contributed by atoms with Crippen molar-refractivity contribution in [3.05, 3.63) is 35.6 Å². The Morgan fingerprint density at radius 2 is 2.40 bits per heavy atom. The molecule has 2 atom stereocenters. The molecule has 1 aliphatic rings. The lowest BCUT2D eigenvalue weighted by Gasteiger charge is -1.97. The first-order valence-corrected chi connectivity index (χ1v) is 4.80. The van der Waals surface area contributed by atoms with Crippen LogP contribution in [0.1, 0.15) is 18.6 Å². The van der Waals surface area contributed by atoms with Crippen molar-refractivity contribution in [3.8, 4) is 0 Å². The Kier molecular flexibility index (Phi) is 2.68. The first-order chi connectivity index (χ1) is 7.22. The topological polar surface area (TPSA) is 38.8 Å². The van der Waals surface area contributed by atoms with E-state index in [2.05, 4.69) is 0 Å². The maximum atomic E-state index is 12.9. The van der Waals surface area contributed by atoms with Gasteiger partial charge in [-0.05, 0) is 24.6 Å². The minimum absolute atomic E-state index is 0.328. The molecule has 0 aliphatic carbocycles. The molecule has 2 rings (SSSR count). The van der Waals surface area contributed by atoms with Crippen molar-refractivity contribution < 1.29 is 18.7 Å². The van der Waals surface area contributed by atoms with Crippen LogP contribution < -0.4 is 0 Å². The molecule has 15 heavy (non-hydrogen) atoms. The normalized spacial score (nSPS) is 23.6. The van der Waals surface area contributed by atoms with Crippen LogP contribution in [0.5, 0.6) is 0 Å². The van der Waals surface area contributed by atoms with Crippen molar-refractivity contribution in [2.24, 2.45) is 0 Å². The van der Waals surface area contributed by atoms with Crippen molar-refractivity contribution in [1.29, 1.82) is 0 Å². The summed E-state index contributed by atoms with van der Waals surface area (Å²) in [5.74, 6) is -0.711. The molecule has 80 valence electrons. The smallest absolute Gasteiger partial charge is 0.338 e. The van der Waals surface area contributed by atoms with Gasteiger partial charge in [-0.3, -0.25) is 0 Å². The van der Waals surface area contributed by atoms with E-state index < -0.39 is 6.10 Å². The highest BCUT2D eigenvalue weighted by Gasteiger charge is 2.47. The van der Waals surface area contributed by atoms with Gasteiger partial charge in [0.1, 0.15) is 11.9 Å². The third-order valence-corrected chi connectivity index (χ3v) is 2.19. The van der Waals surface area contributed by atoms with E-state index >= 15 is 0 Å². The number of hydrogen-bond acceptors (Lipinski definition) is 3. The highest BCUT2D eigenvalue weighted by Crippen LogP contribution is 2.39. The monoisotopic (exact) mass is 210 g/mol. The van der Waals surface area contributed by atoms with Gasteiger partial charge < -0.3 is 9.47 Å². The third kappa shape index (κ3) is 2.15. The van der Waals surface area contributed by atoms with Gasteiger partial charge in [0.05, 0.1) is 6.61 Å². The van der Waals surface area contributed by atoms with Gasteiger partial charge in [0, 0.05) is 0 Å². The summed E-state index contributed by atoms with van der Waals surface area (Å²) in [6.07, 6.45) is -0.911. The minimum Gasteiger partial charge on any atom is -0.464 e. The van der Waals surface area contributed by atoms with Crippen LogP contribution in [0.25, 0.3) is 0 Å². The van der Waals surface area contributed by atoms with E-state index in [1.807, 2.05) is 0 Å². The summed E-state index contributed by atoms with van der Waals surface area (Å²) in [7, 11) is 0. The first-order valence-electron chi connectivity index (χ1n) is 4.80. The second-order valence-electron chi connectivity index (χ2n) is 3.28. The SMILES string of the molecule is CCOC(=O)[C@@H]1O[C@@H]1c1cccc(F)c1. The van der Waals surface area contributed by atoms with Gasteiger partial charge in [0.2, 0.25) is 0 Å². The lowest BCUT2D eigenvalue weighted by atomic mass is 10.1. The largest absolute Gasteiger partial charge is 0.464 e. The lowest BCUT2D eigenvalue weighted by molar-refractivity contribution is -0.144. The third-order valence-electron chi connectivity index (χ3n) is 2.19. The van der Waals surface area contributed by atoms with Gasteiger partial charge >= 0.3 is 5.97 Å². The quantitative estimate of drug-likeness (QED) is 0.564. The summed E-state index contributed by atoms with van der Waals surface area (Å²) < 4.78 is 22.8. The molecule has 1 saturated heterocycles. The fourth-order valence-electron chi connectivity index (χ4n) is 1.45. The Morgan fingerprint density at radius 3 is 3.07 bits per heavy atom. The number of carbonyl (C=O) groups excluding carboxylic acids is 1. The van der Waals surface area contributed by atoms with Gasteiger partial charge in [-0.15, -0.1) is 0 Å². The summed E-state index contributed by atoms with van der Waals surface area (Å²) in [6, 6.07) is 6.04. The summed E-state index contributed by atoms with van der Waals surface area (Å²) in [6.45, 7) is 2.06. The van der Waals surface area contributed by atoms with Crippen LogP contribution in [0.2, 0.25) is 0 Å². The Balaban J connectivity index is 2.01. The van der Waals surface area contributed by atoms with Gasteiger partial charge in [-0.1, -0.05) is 12.1 Å². The summed E-state index contributed by atoms with van der Waals surface area (Å²) in [4.78, 5) is 11.2. The molecule has 0 unspecified atom stereocenters. The Hall–Kier alpha value is -1.42. The van der Waals surface area contributed by atoms with Gasteiger partial charge in [-0.2, -0.15) is 0 Å². The first kappa shape index (κ1) is 10.1. The number of epoxide rings is 1. The summed E-state index contributed by atoms with van der Waals surface area (Å²) >= 11 is 0. The number of rotatable bonds is 3. The maximum Gasteiger partial charge on any atom is 0.338 e. The minimum atomic E-state index is -0.563. The molecular formula is C11H11FO3. The Labute approximate surface area is 86.8 Å². The molecule has 0 aromatic heterocycles. The predicted molar refractivity (Wildman–Crippen MR) is 50.6 cm³/mol. The molecule has 0 spiro atoms. The zero-order chi connectivity index (χ0) is 10.8. The molecule has 4 heteroatoms. The fraction of sp³-hybridized carbons (Fsp3) is 0.364. The molecule has 0 bridgehead atoms. The van der Waals surface area contributed by atoms with Crippen LogP contribution in [-0.4, -0.2) is 18.7 Å². The number of ether oxygens (including phenoxy) is 2. The van der Waals surface area contributed by atoms with E-state index in [9.17, 15) is 9.18 Å². The van der Waals surface area contributed by atoms with Crippen LogP contribution in [-0.2, 0) is 14.3 Å². The second-order valence-corrected chi connectivity index (χ2v) is 3.28. The van der Waals surface area contributed by atoms with E-state index in [4.69, 9.17) is 9.47 Å². The van der Waals surface area contributed by atoms with Crippen LogP contribution in [0.15, 0.2) is 24.3 Å². The van der Waals surface area contributed by atoms with Crippen LogP contribution in [0.3, 0.4) is 0 Å². The van der Waals surface area contributed by atoms with Crippen molar-refractivity contribution in [3.63, 3.8) is 0 Å². The standard InChI is InChI=1S/C11H11FO3/c1-2-14-11(13)10-9(15-10)7-4-3-5-8(12)6-7/h3-6,9-10H,2H2,1H3/t9-,10-/m1/s1. The van der Waals surface area contributed by atoms with Crippen LogP contribution >= 0.6 is 0 Å². The highest BCUT2D eigenvalue weighted by molar-refractivity contribution is 5.78. The van der Waals surface area contributed by atoms with Crippen molar-refractivity contribution in [2.75, 3.05) is 6.61 Å². The molecule has 0 N–H and O–H groups in total. The van der Waals surface area contributed by atoms with E-state index in [1.54, 1.807) is 19.1 Å². The molecule has 1 fully saturated rings. The highest BCUT2D eigenvalue weighted by atomic mass is 19.1. The van der Waals surface area contributed by atoms with Crippen molar-refractivity contribution in [2.45, 2.75) is 19.1 Å². The van der Waals surface area contributed by atoms with Crippen molar-refractivity contribution >= 4 is 5.97 Å². The van der Waals surface area contributed by atoms with Crippen molar-refractivity contribution in [1.82, 2.24) is 0 Å². The molecule has 0 radical (unpaired) electrons. The maximum absolute atomic E-state index is 12.9. The lowest BCUT2D eigenvalue weighted by Crippen LogP contribution is -2.11. The Morgan fingerprint density at radius 1 is 1.60 bits per heavy atom. The second kappa shape index (κ2) is 3.98. The Bertz CT molecular complexity index is 378. The zero-order valence-corrected chi connectivity index (χ0v) is 8.27. The number of benzene rings is 1. The molecule has 3 nitrogen and oxygen atoms in total. The molecule has 1 aliphatic heterocycles. The number of esters is 1. The van der Waals surface area contributed by atoms with E-state index in [0.717, 1.165) is 0 Å². The average Bonchev–Trinajstić information content (AvgIpc) is 2.97. The summed E-state index contributed by atoms with van der Waals surface area (Å²) in [5, 5.41) is 0. The average molecular weight is 210 g/mol. The number of carbonyl (C=O) groups is 1. The van der Waals surface area contributed by atoms with Gasteiger partial charge in [0.25, 0.3) is 0 Å². The summed E-state index contributed by atoms with van der Waals surface area (Å²) in [5.41, 5.74) is 0.674. The molecule has 1 heterocycles. The molecule has 0 amide bonds. The number of hydrogen-bond donors (Lipinski definition) is 0. The zero-order valence-electron chi connectivity index (χ0n) is 8.27. The van der Waals surface area contributed by atoms with Gasteiger partial charge in [0.15, 0.2) is 6.10 Å². The van der Waals surface area contributed by atoms with Gasteiger partial charge in [-0.25, -0.2) is 9.18 Å². The fourth-order valence-corrected chi connectivity index (χ4v) is 1.45.